The van der Waals surface area contributed by atoms with Gasteiger partial charge >= 0.3 is 0 Å². The lowest BCUT2D eigenvalue weighted by atomic mass is 10.0. The largest absolute Gasteiger partial charge is 0.352 e. The summed E-state index contributed by atoms with van der Waals surface area (Å²) in [4.78, 5) is 29.0. The molecule has 188 valence electrons. The summed E-state index contributed by atoms with van der Waals surface area (Å²) in [5, 5.41) is 11.4. The van der Waals surface area contributed by atoms with Crippen LogP contribution < -0.4 is 5.32 Å². The van der Waals surface area contributed by atoms with Crippen LogP contribution in [0.2, 0.25) is 0 Å². The Kier molecular flexibility index (Phi) is 5.68. The third kappa shape index (κ3) is 4.28. The van der Waals surface area contributed by atoms with Crippen LogP contribution >= 0.6 is 0 Å². The topological polar surface area (TPSA) is 112 Å². The number of H-pyrrole nitrogens is 2. The Balaban J connectivity index is 1.42. The number of anilines is 1. The van der Waals surface area contributed by atoms with Crippen molar-refractivity contribution >= 4 is 33.5 Å². The average molecular weight is 506 g/mol. The fraction of sp³-hybridized carbons (Fsp3) is 0.138. The third-order valence-electron chi connectivity index (χ3n) is 6.39. The predicted molar refractivity (Wildman–Crippen MR) is 146 cm³/mol. The number of halogens is 1. The number of fused-ring (bicyclic) bond motifs is 2. The van der Waals surface area contributed by atoms with Gasteiger partial charge < -0.3 is 10.3 Å². The maximum absolute atomic E-state index is 14.1. The van der Waals surface area contributed by atoms with Gasteiger partial charge in [0.25, 0.3) is 0 Å². The van der Waals surface area contributed by atoms with Crippen LogP contribution in [0.15, 0.2) is 67.3 Å². The first-order chi connectivity index (χ1) is 18.4. The van der Waals surface area contributed by atoms with Crippen molar-refractivity contribution in [1.29, 1.82) is 0 Å². The Morgan fingerprint density at radius 2 is 1.79 bits per heavy atom. The van der Waals surface area contributed by atoms with Gasteiger partial charge in [0.05, 0.1) is 40.5 Å². The van der Waals surface area contributed by atoms with Crippen LogP contribution in [0.25, 0.3) is 55.7 Å². The smallest absolute Gasteiger partial charge is 0.226 e. The van der Waals surface area contributed by atoms with Crippen molar-refractivity contribution in [2.75, 3.05) is 5.32 Å². The van der Waals surface area contributed by atoms with Crippen molar-refractivity contribution in [1.82, 2.24) is 30.1 Å². The molecule has 0 bridgehead atoms. The molecule has 5 heterocycles. The van der Waals surface area contributed by atoms with Crippen molar-refractivity contribution in [2.45, 2.75) is 20.8 Å². The molecule has 0 radical (unpaired) electrons. The van der Waals surface area contributed by atoms with Gasteiger partial charge in [0.2, 0.25) is 5.91 Å². The van der Waals surface area contributed by atoms with Gasteiger partial charge in [-0.2, -0.15) is 5.10 Å². The van der Waals surface area contributed by atoms with E-state index in [1.54, 1.807) is 24.8 Å². The van der Waals surface area contributed by atoms with Gasteiger partial charge in [-0.25, -0.2) is 9.37 Å². The van der Waals surface area contributed by atoms with E-state index in [1.165, 1.54) is 12.1 Å². The highest BCUT2D eigenvalue weighted by atomic mass is 19.1. The van der Waals surface area contributed by atoms with Gasteiger partial charge in [-0.1, -0.05) is 19.9 Å². The second-order valence-electron chi connectivity index (χ2n) is 9.62. The predicted octanol–water partition coefficient (Wildman–Crippen LogP) is 6.27. The number of aromatic amines is 2. The molecule has 6 rings (SSSR count). The second kappa shape index (κ2) is 9.19. The summed E-state index contributed by atoms with van der Waals surface area (Å²) < 4.78 is 14.1. The summed E-state index contributed by atoms with van der Waals surface area (Å²) in [6.45, 7) is 5.54. The second-order valence-corrected chi connectivity index (χ2v) is 9.62. The summed E-state index contributed by atoms with van der Waals surface area (Å²) in [6.07, 6.45) is 6.80. The number of carbonyl (C=O) groups excluding carboxylic acids is 1. The van der Waals surface area contributed by atoms with Gasteiger partial charge in [0.1, 0.15) is 17.0 Å². The van der Waals surface area contributed by atoms with Gasteiger partial charge in [0, 0.05) is 34.8 Å². The molecule has 0 unspecified atom stereocenters. The molecule has 0 aliphatic heterocycles. The molecule has 8 nitrogen and oxygen atoms in total. The molecule has 0 spiro atoms. The van der Waals surface area contributed by atoms with E-state index in [2.05, 4.69) is 30.5 Å². The first-order valence-electron chi connectivity index (χ1n) is 12.2. The Bertz CT molecular complexity index is 1820. The number of hydrogen-bond donors (Lipinski definition) is 3. The molecule has 1 aromatic carbocycles. The summed E-state index contributed by atoms with van der Waals surface area (Å²) in [7, 11) is 0. The Labute approximate surface area is 217 Å². The number of amides is 1. The molecule has 0 fully saturated rings. The minimum Gasteiger partial charge on any atom is -0.352 e. The Morgan fingerprint density at radius 1 is 0.947 bits per heavy atom. The van der Waals surface area contributed by atoms with Crippen molar-refractivity contribution in [3.63, 3.8) is 0 Å². The molecule has 0 atom stereocenters. The van der Waals surface area contributed by atoms with E-state index in [4.69, 9.17) is 4.98 Å². The Morgan fingerprint density at radius 3 is 2.61 bits per heavy atom. The van der Waals surface area contributed by atoms with Crippen LogP contribution in [-0.2, 0) is 4.79 Å². The number of hydrogen-bond acceptors (Lipinski definition) is 5. The lowest BCUT2D eigenvalue weighted by Crippen LogP contribution is -2.17. The SMILES string of the molecule is Cc1cc(F)cc(-c2cncc3[nH]c(-c4n[nH]c5ccc(-c6cncc(NC(=O)C(C)C)c6)nc45)cc23)c1. The normalized spacial score (nSPS) is 11.5. The molecule has 38 heavy (non-hydrogen) atoms. The minimum absolute atomic E-state index is 0.0782. The number of benzene rings is 1. The van der Waals surface area contributed by atoms with Gasteiger partial charge in [-0.3, -0.25) is 19.9 Å². The highest BCUT2D eigenvalue weighted by Gasteiger charge is 2.16. The molecule has 9 heteroatoms. The zero-order chi connectivity index (χ0) is 26.4. The molecule has 0 saturated carbocycles. The van der Waals surface area contributed by atoms with Gasteiger partial charge in [-0.15, -0.1) is 0 Å². The zero-order valence-corrected chi connectivity index (χ0v) is 21.0. The van der Waals surface area contributed by atoms with Crippen molar-refractivity contribution in [3.8, 4) is 33.8 Å². The van der Waals surface area contributed by atoms with Crippen LogP contribution in [0, 0.1) is 18.7 Å². The zero-order valence-electron chi connectivity index (χ0n) is 21.0. The van der Waals surface area contributed by atoms with E-state index in [0.29, 0.717) is 22.6 Å². The molecule has 1 amide bonds. The fourth-order valence-electron chi connectivity index (χ4n) is 4.48. The fourth-order valence-corrected chi connectivity index (χ4v) is 4.48. The van der Waals surface area contributed by atoms with Gasteiger partial charge in [-0.05, 0) is 54.4 Å². The molecule has 0 aliphatic rings. The standard InChI is InChI=1S/C29H24FN7O/c1-15(2)29(38)33-20-9-18(11-31-12-20)23-4-5-24-27(35-23)28(37-36-24)25-10-21-22(13-32-14-26(21)34-25)17-6-16(3)7-19(30)8-17/h4-15,34H,1-3H3,(H,33,38)(H,36,37). The van der Waals surface area contributed by atoms with E-state index < -0.39 is 0 Å². The summed E-state index contributed by atoms with van der Waals surface area (Å²) in [5.74, 6) is -0.505. The number of aryl methyl sites for hydroxylation is 1. The van der Waals surface area contributed by atoms with E-state index >= 15 is 0 Å². The molecule has 6 aromatic rings. The summed E-state index contributed by atoms with van der Waals surface area (Å²) in [6, 6.07) is 12.6. The highest BCUT2D eigenvalue weighted by molar-refractivity contribution is 6.00. The maximum Gasteiger partial charge on any atom is 0.226 e. The Hall–Kier alpha value is -4.92. The quantitative estimate of drug-likeness (QED) is 0.256. The molecular formula is C29H24FN7O. The molecule has 0 saturated heterocycles. The van der Waals surface area contributed by atoms with E-state index in [0.717, 1.165) is 44.4 Å². The molecule has 0 aliphatic carbocycles. The molecule has 5 aromatic heterocycles. The number of rotatable bonds is 5. The van der Waals surface area contributed by atoms with Crippen molar-refractivity contribution in [2.24, 2.45) is 5.92 Å². The summed E-state index contributed by atoms with van der Waals surface area (Å²) in [5.41, 5.74) is 8.18. The molecule has 3 N–H and O–H groups in total. The highest BCUT2D eigenvalue weighted by Crippen LogP contribution is 2.34. The van der Waals surface area contributed by atoms with Crippen LogP contribution in [-0.4, -0.2) is 36.0 Å². The minimum atomic E-state index is -0.287. The number of pyridine rings is 3. The van der Waals surface area contributed by atoms with Crippen molar-refractivity contribution in [3.05, 3.63) is 78.6 Å². The number of aromatic nitrogens is 6. The average Bonchev–Trinajstić information content (AvgIpc) is 3.51. The van der Waals surface area contributed by atoms with Gasteiger partial charge in [0.15, 0.2) is 0 Å². The van der Waals surface area contributed by atoms with Crippen molar-refractivity contribution < 1.29 is 9.18 Å². The first-order valence-corrected chi connectivity index (χ1v) is 12.2. The number of nitrogens with zero attached hydrogens (tertiary/aromatic N) is 4. The van der Waals surface area contributed by atoms with E-state index in [-0.39, 0.29) is 17.6 Å². The van der Waals surface area contributed by atoms with Crippen LogP contribution in [0.5, 0.6) is 0 Å². The van der Waals surface area contributed by atoms with Crippen LogP contribution in [0.3, 0.4) is 0 Å². The number of nitrogens with one attached hydrogen (secondary N) is 3. The third-order valence-corrected chi connectivity index (χ3v) is 6.39. The first kappa shape index (κ1) is 23.5. The molecular weight excluding hydrogens is 481 g/mol. The van der Waals surface area contributed by atoms with Crippen LogP contribution in [0.1, 0.15) is 19.4 Å². The maximum atomic E-state index is 14.1. The lowest BCUT2D eigenvalue weighted by Gasteiger charge is -2.08. The van der Waals surface area contributed by atoms with E-state index in [1.807, 2.05) is 51.1 Å². The lowest BCUT2D eigenvalue weighted by molar-refractivity contribution is -0.118. The van der Waals surface area contributed by atoms with E-state index in [9.17, 15) is 9.18 Å². The van der Waals surface area contributed by atoms with Crippen LogP contribution in [0.4, 0.5) is 10.1 Å². The summed E-state index contributed by atoms with van der Waals surface area (Å²) >= 11 is 0. The monoisotopic (exact) mass is 505 g/mol. The number of carbonyl (C=O) groups is 1.